The Morgan fingerprint density at radius 2 is 1.53 bits per heavy atom. The van der Waals surface area contributed by atoms with Crippen LogP contribution in [0, 0.1) is 6.92 Å². The first kappa shape index (κ1) is 32.9. The number of imide groups is 2. The van der Waals surface area contributed by atoms with Gasteiger partial charge < -0.3 is 18.9 Å². The van der Waals surface area contributed by atoms with Gasteiger partial charge in [-0.2, -0.15) is 0 Å². The van der Waals surface area contributed by atoms with Gasteiger partial charge in [0.15, 0.2) is 23.0 Å². The van der Waals surface area contributed by atoms with Crippen molar-refractivity contribution in [3.63, 3.8) is 0 Å². The van der Waals surface area contributed by atoms with E-state index < -0.39 is 17.8 Å². The van der Waals surface area contributed by atoms with Crippen LogP contribution in [0.3, 0.4) is 0 Å². The molecular weight excluding hydrogens is 572 g/mol. The fourth-order valence-electron chi connectivity index (χ4n) is 4.78. The Kier molecular flexibility index (Phi) is 11.4. The van der Waals surface area contributed by atoms with Crippen molar-refractivity contribution in [1.29, 1.82) is 0 Å². The fourth-order valence-corrected chi connectivity index (χ4v) is 4.78. The average molecular weight is 613 g/mol. The van der Waals surface area contributed by atoms with Crippen molar-refractivity contribution in [2.24, 2.45) is 0 Å². The van der Waals surface area contributed by atoms with E-state index in [0.717, 1.165) is 28.0 Å². The van der Waals surface area contributed by atoms with Crippen LogP contribution in [-0.2, 0) is 29.2 Å². The number of aryl methyl sites for hydroxylation is 1. The Labute approximate surface area is 264 Å². The summed E-state index contributed by atoms with van der Waals surface area (Å²) in [5.41, 5.74) is 3.95. The van der Waals surface area contributed by atoms with E-state index >= 15 is 0 Å². The maximum absolute atomic E-state index is 13.6. The smallest absolute Gasteiger partial charge is 0.331 e. The van der Waals surface area contributed by atoms with Gasteiger partial charge in [-0.1, -0.05) is 48.9 Å². The number of benzene rings is 3. The summed E-state index contributed by atoms with van der Waals surface area (Å²) >= 11 is 0. The van der Waals surface area contributed by atoms with Gasteiger partial charge in [0.1, 0.15) is 12.2 Å². The number of ether oxygens (including phenoxy) is 4. The number of hydrogen-bond donors (Lipinski definition) is 1. The monoisotopic (exact) mass is 612 g/mol. The molecule has 1 fully saturated rings. The van der Waals surface area contributed by atoms with Gasteiger partial charge in [0, 0.05) is 5.56 Å². The minimum absolute atomic E-state index is 0.0683. The van der Waals surface area contributed by atoms with Crippen LogP contribution in [-0.4, -0.2) is 42.6 Å². The SMILES string of the molecule is C=CCc1cc(/C=C2\C(=O)NC(=O)N(Cc3ccc(OCCC)c(OCC)c3)C2=O)cc(OCC)c1OCc1ccc(C)cc1. The Bertz CT molecular complexity index is 1580. The molecule has 0 atom stereocenters. The number of barbiturate groups is 1. The van der Waals surface area contributed by atoms with E-state index in [1.165, 1.54) is 6.08 Å². The average Bonchev–Trinajstić information content (AvgIpc) is 3.02. The second-order valence-electron chi connectivity index (χ2n) is 10.5. The molecule has 1 aliphatic heterocycles. The summed E-state index contributed by atoms with van der Waals surface area (Å²) in [5.74, 6) is 0.647. The molecule has 45 heavy (non-hydrogen) atoms. The summed E-state index contributed by atoms with van der Waals surface area (Å²) in [4.78, 5) is 40.3. The van der Waals surface area contributed by atoms with Crippen LogP contribution in [0.15, 0.2) is 72.8 Å². The van der Waals surface area contributed by atoms with Gasteiger partial charge in [-0.25, -0.2) is 4.79 Å². The Hall–Kier alpha value is -5.05. The zero-order valence-corrected chi connectivity index (χ0v) is 26.3. The van der Waals surface area contributed by atoms with Crippen LogP contribution in [0.4, 0.5) is 4.79 Å². The summed E-state index contributed by atoms with van der Waals surface area (Å²) in [5, 5.41) is 2.29. The van der Waals surface area contributed by atoms with Crippen LogP contribution >= 0.6 is 0 Å². The van der Waals surface area contributed by atoms with Crippen LogP contribution in [0.1, 0.15) is 55.0 Å². The highest BCUT2D eigenvalue weighted by Gasteiger charge is 2.36. The molecule has 236 valence electrons. The van der Waals surface area contributed by atoms with Gasteiger partial charge in [0.2, 0.25) is 0 Å². The third-order valence-electron chi connectivity index (χ3n) is 6.93. The topological polar surface area (TPSA) is 103 Å². The van der Waals surface area contributed by atoms with Crippen molar-refractivity contribution < 1.29 is 33.3 Å². The summed E-state index contributed by atoms with van der Waals surface area (Å²) < 4.78 is 23.7. The minimum atomic E-state index is -0.798. The first-order chi connectivity index (χ1) is 21.8. The van der Waals surface area contributed by atoms with Crippen molar-refractivity contribution in [3.05, 3.63) is 101 Å². The molecule has 4 amide bonds. The summed E-state index contributed by atoms with van der Waals surface area (Å²) in [6.45, 7) is 13.2. The Morgan fingerprint density at radius 3 is 2.22 bits per heavy atom. The molecule has 1 aliphatic rings. The van der Waals surface area contributed by atoms with Crippen molar-refractivity contribution in [3.8, 4) is 23.0 Å². The number of amides is 4. The van der Waals surface area contributed by atoms with Crippen molar-refractivity contribution in [1.82, 2.24) is 10.2 Å². The number of urea groups is 1. The molecule has 1 saturated heterocycles. The quantitative estimate of drug-likeness (QED) is 0.118. The molecule has 0 unspecified atom stereocenters. The molecule has 0 saturated carbocycles. The molecule has 0 aromatic heterocycles. The lowest BCUT2D eigenvalue weighted by Gasteiger charge is -2.27. The van der Waals surface area contributed by atoms with Gasteiger partial charge in [-0.05, 0) is 80.6 Å². The molecule has 0 aliphatic carbocycles. The molecule has 1 N–H and O–H groups in total. The second-order valence-corrected chi connectivity index (χ2v) is 10.5. The third kappa shape index (κ3) is 8.32. The van der Waals surface area contributed by atoms with Crippen molar-refractivity contribution in [2.75, 3.05) is 19.8 Å². The highest BCUT2D eigenvalue weighted by atomic mass is 16.5. The largest absolute Gasteiger partial charge is 0.490 e. The summed E-state index contributed by atoms with van der Waals surface area (Å²) in [7, 11) is 0. The number of hydrogen-bond acceptors (Lipinski definition) is 7. The lowest BCUT2D eigenvalue weighted by atomic mass is 10.0. The standard InChI is InChI=1S/C36H40N2O7/c1-6-10-28-18-27(21-32(43-9-4)33(28)45-23-25-13-11-24(5)12-14-25)19-29-34(39)37-36(41)38(35(29)40)22-26-15-16-30(44-17-7-2)31(20-26)42-8-3/h6,11-16,18-21H,1,7-10,17,22-23H2,2-5H3,(H,37,39,41)/b29-19+. The molecule has 0 spiro atoms. The molecular formula is C36H40N2O7. The Morgan fingerprint density at radius 1 is 0.822 bits per heavy atom. The molecule has 3 aromatic carbocycles. The second kappa shape index (κ2) is 15.6. The summed E-state index contributed by atoms with van der Waals surface area (Å²) in [6, 6.07) is 16.1. The number of nitrogens with zero attached hydrogens (tertiary/aromatic N) is 1. The highest BCUT2D eigenvalue weighted by molar-refractivity contribution is 6.31. The Balaban J connectivity index is 1.64. The molecule has 3 aromatic rings. The van der Waals surface area contributed by atoms with E-state index in [0.29, 0.717) is 67.0 Å². The van der Waals surface area contributed by atoms with Crippen molar-refractivity contribution >= 4 is 23.9 Å². The van der Waals surface area contributed by atoms with E-state index in [-0.39, 0.29) is 12.1 Å². The maximum Gasteiger partial charge on any atom is 0.331 e. The van der Waals surface area contributed by atoms with E-state index in [1.807, 2.05) is 58.0 Å². The van der Waals surface area contributed by atoms with Crippen LogP contribution < -0.4 is 24.3 Å². The lowest BCUT2D eigenvalue weighted by molar-refractivity contribution is -0.130. The van der Waals surface area contributed by atoms with Gasteiger partial charge >= 0.3 is 6.03 Å². The zero-order valence-electron chi connectivity index (χ0n) is 26.3. The van der Waals surface area contributed by atoms with Gasteiger partial charge in [-0.15, -0.1) is 6.58 Å². The van der Waals surface area contributed by atoms with E-state index in [1.54, 1.807) is 30.3 Å². The normalized spacial score (nSPS) is 13.9. The number of allylic oxidation sites excluding steroid dienone is 1. The molecule has 9 nitrogen and oxygen atoms in total. The zero-order chi connectivity index (χ0) is 32.3. The fraction of sp³-hybridized carbons (Fsp3) is 0.306. The predicted octanol–water partition coefficient (Wildman–Crippen LogP) is 6.55. The third-order valence-corrected chi connectivity index (χ3v) is 6.93. The first-order valence-electron chi connectivity index (χ1n) is 15.1. The predicted molar refractivity (Wildman–Crippen MR) is 172 cm³/mol. The van der Waals surface area contributed by atoms with Crippen molar-refractivity contribution in [2.45, 2.75) is 53.7 Å². The number of carbonyl (C=O) groups is 3. The van der Waals surface area contributed by atoms with Gasteiger partial charge in [0.25, 0.3) is 11.8 Å². The number of nitrogens with one attached hydrogen (secondary N) is 1. The maximum atomic E-state index is 13.6. The van der Waals surface area contributed by atoms with Gasteiger partial charge in [0.05, 0.1) is 26.4 Å². The molecule has 0 radical (unpaired) electrons. The van der Waals surface area contributed by atoms with E-state index in [9.17, 15) is 14.4 Å². The first-order valence-corrected chi connectivity index (χ1v) is 15.1. The molecule has 1 heterocycles. The molecule has 9 heteroatoms. The molecule has 4 rings (SSSR count). The van der Waals surface area contributed by atoms with E-state index in [4.69, 9.17) is 18.9 Å². The van der Waals surface area contributed by atoms with E-state index in [2.05, 4.69) is 11.9 Å². The van der Waals surface area contributed by atoms with Gasteiger partial charge in [-0.3, -0.25) is 19.8 Å². The lowest BCUT2D eigenvalue weighted by Crippen LogP contribution is -2.53. The number of carbonyl (C=O) groups excluding carboxylic acids is 3. The van der Waals surface area contributed by atoms with Crippen LogP contribution in [0.25, 0.3) is 6.08 Å². The molecule has 0 bridgehead atoms. The number of rotatable bonds is 15. The summed E-state index contributed by atoms with van der Waals surface area (Å²) in [6.07, 6.45) is 4.51. The van der Waals surface area contributed by atoms with Crippen LogP contribution in [0.5, 0.6) is 23.0 Å². The highest BCUT2D eigenvalue weighted by Crippen LogP contribution is 2.36. The van der Waals surface area contributed by atoms with Crippen LogP contribution in [0.2, 0.25) is 0 Å². The minimum Gasteiger partial charge on any atom is -0.490 e.